The monoisotopic (exact) mass is 289 g/mol. The molecule has 0 radical (unpaired) electrons. The van der Waals surface area contributed by atoms with Gasteiger partial charge in [0.2, 0.25) is 0 Å². The van der Waals surface area contributed by atoms with Crippen molar-refractivity contribution in [1.82, 2.24) is 15.2 Å². The van der Waals surface area contributed by atoms with Crippen LogP contribution in [0.4, 0.5) is 0 Å². The highest BCUT2D eigenvalue weighted by atomic mass is 32.1. The second kappa shape index (κ2) is 6.20. The van der Waals surface area contributed by atoms with Gasteiger partial charge in [-0.15, -0.1) is 11.3 Å². The number of nitrogens with one attached hydrogen (secondary N) is 1. The Hall–Kier alpha value is -0.970. The van der Waals surface area contributed by atoms with E-state index in [1.807, 2.05) is 0 Å². The number of nitrogens with zero attached hydrogens (tertiary/aromatic N) is 2. The number of hydrogen-bond acceptors (Lipinski definition) is 4. The molecule has 4 heteroatoms. The Balaban J connectivity index is 1.71. The van der Waals surface area contributed by atoms with E-state index in [2.05, 4.69) is 47.4 Å². The van der Waals surface area contributed by atoms with E-state index in [-0.39, 0.29) is 0 Å². The van der Waals surface area contributed by atoms with Crippen LogP contribution < -0.4 is 5.32 Å². The van der Waals surface area contributed by atoms with Gasteiger partial charge in [0, 0.05) is 12.6 Å². The van der Waals surface area contributed by atoms with Crippen LogP contribution in [0, 0.1) is 6.92 Å². The lowest BCUT2D eigenvalue weighted by molar-refractivity contribution is 0.216. The van der Waals surface area contributed by atoms with E-state index in [1.165, 1.54) is 36.1 Å². The maximum atomic E-state index is 4.53. The molecule has 0 aliphatic carbocycles. The summed E-state index contributed by atoms with van der Waals surface area (Å²) in [5.74, 6) is 0. The van der Waals surface area contributed by atoms with Crippen molar-refractivity contribution in [2.75, 3.05) is 20.1 Å². The maximum Gasteiger partial charge on any atom is 0.0907 e. The van der Waals surface area contributed by atoms with Gasteiger partial charge in [0.25, 0.3) is 0 Å². The second-order valence-electron chi connectivity index (χ2n) is 5.78. The molecule has 2 aromatic rings. The van der Waals surface area contributed by atoms with Crippen LogP contribution in [-0.2, 0) is 6.54 Å². The topological polar surface area (TPSA) is 28.2 Å². The van der Waals surface area contributed by atoms with E-state index < -0.39 is 0 Å². The van der Waals surface area contributed by atoms with Crippen LogP contribution in [-0.4, -0.2) is 36.1 Å². The van der Waals surface area contributed by atoms with Crippen molar-refractivity contribution >= 4 is 21.6 Å². The van der Waals surface area contributed by atoms with E-state index in [1.54, 1.807) is 11.3 Å². The first-order valence-corrected chi connectivity index (χ1v) is 8.31. The molecule has 20 heavy (non-hydrogen) atoms. The molecule has 0 amide bonds. The number of thiazole rings is 1. The second-order valence-corrected chi connectivity index (χ2v) is 7.02. The molecule has 0 spiro atoms. The van der Waals surface area contributed by atoms with Crippen LogP contribution in [0.3, 0.4) is 0 Å². The number of aryl methyl sites for hydroxylation is 1. The molecule has 1 atom stereocenters. The molecule has 108 valence electrons. The summed E-state index contributed by atoms with van der Waals surface area (Å²) in [7, 11) is 2.26. The highest BCUT2D eigenvalue weighted by Gasteiger charge is 2.16. The van der Waals surface area contributed by atoms with E-state index in [9.17, 15) is 0 Å². The molecule has 1 aliphatic rings. The normalized spacial score (nSPS) is 20.4. The minimum absolute atomic E-state index is 0.712. The molecule has 1 aliphatic heterocycles. The minimum Gasteiger partial charge on any atom is -0.317 e. The third-order valence-electron chi connectivity index (χ3n) is 4.16. The minimum atomic E-state index is 0.712. The summed E-state index contributed by atoms with van der Waals surface area (Å²) < 4.78 is 1.32. The molecule has 1 fully saturated rings. The van der Waals surface area contributed by atoms with Gasteiger partial charge in [-0.3, -0.25) is 4.90 Å². The molecule has 2 heterocycles. The molecular weight excluding hydrogens is 266 g/mol. The average molecular weight is 289 g/mol. The predicted molar refractivity (Wildman–Crippen MR) is 86.3 cm³/mol. The van der Waals surface area contributed by atoms with Crippen LogP contribution >= 0.6 is 11.3 Å². The van der Waals surface area contributed by atoms with Gasteiger partial charge in [0.15, 0.2) is 0 Å². The lowest BCUT2D eigenvalue weighted by Gasteiger charge is -2.26. The van der Waals surface area contributed by atoms with Crippen molar-refractivity contribution in [2.24, 2.45) is 0 Å². The van der Waals surface area contributed by atoms with Crippen LogP contribution in [0.25, 0.3) is 10.2 Å². The van der Waals surface area contributed by atoms with Crippen molar-refractivity contribution in [3.05, 3.63) is 28.8 Å². The fourth-order valence-corrected chi connectivity index (χ4v) is 3.93. The Morgan fingerprint density at radius 3 is 3.15 bits per heavy atom. The lowest BCUT2D eigenvalue weighted by Crippen LogP contribution is -2.31. The standard InChI is InChI=1S/C16H23N3S/c1-12-18-15-6-5-13(10-16(15)20-12)11-19(2)14-4-3-8-17-9-7-14/h5-6,10,14,17H,3-4,7-9,11H2,1-2H3. The zero-order valence-electron chi connectivity index (χ0n) is 12.4. The Morgan fingerprint density at radius 2 is 2.25 bits per heavy atom. The third kappa shape index (κ3) is 3.19. The molecular formula is C16H23N3S. The molecule has 1 aromatic carbocycles. The molecule has 1 unspecified atom stereocenters. The van der Waals surface area contributed by atoms with E-state index in [4.69, 9.17) is 0 Å². The van der Waals surface area contributed by atoms with Gasteiger partial charge >= 0.3 is 0 Å². The Labute approximate surface area is 125 Å². The van der Waals surface area contributed by atoms with Gasteiger partial charge < -0.3 is 5.32 Å². The van der Waals surface area contributed by atoms with Gasteiger partial charge in [-0.2, -0.15) is 0 Å². The molecule has 1 aromatic heterocycles. The van der Waals surface area contributed by atoms with Gasteiger partial charge in [-0.25, -0.2) is 4.98 Å². The lowest BCUT2D eigenvalue weighted by atomic mass is 10.1. The van der Waals surface area contributed by atoms with Crippen molar-refractivity contribution in [1.29, 1.82) is 0 Å². The largest absolute Gasteiger partial charge is 0.317 e. The molecule has 3 rings (SSSR count). The predicted octanol–water partition coefficient (Wildman–Crippen LogP) is 3.18. The summed E-state index contributed by atoms with van der Waals surface area (Å²) in [4.78, 5) is 7.05. The van der Waals surface area contributed by atoms with Crippen LogP contribution in [0.1, 0.15) is 29.8 Å². The van der Waals surface area contributed by atoms with E-state index in [0.717, 1.165) is 23.6 Å². The molecule has 1 saturated heterocycles. The van der Waals surface area contributed by atoms with E-state index >= 15 is 0 Å². The van der Waals surface area contributed by atoms with Gasteiger partial charge in [-0.1, -0.05) is 6.07 Å². The molecule has 0 saturated carbocycles. The van der Waals surface area contributed by atoms with Crippen LogP contribution in [0.2, 0.25) is 0 Å². The third-order valence-corrected chi connectivity index (χ3v) is 5.09. The fourth-order valence-electron chi connectivity index (χ4n) is 3.04. The maximum absolute atomic E-state index is 4.53. The number of benzene rings is 1. The summed E-state index contributed by atoms with van der Waals surface area (Å²) in [5, 5.41) is 4.64. The average Bonchev–Trinajstić information content (AvgIpc) is 2.64. The summed E-state index contributed by atoms with van der Waals surface area (Å²) in [6, 6.07) is 7.42. The summed E-state index contributed by atoms with van der Waals surface area (Å²) >= 11 is 1.79. The summed E-state index contributed by atoms with van der Waals surface area (Å²) in [5.41, 5.74) is 2.54. The zero-order valence-corrected chi connectivity index (χ0v) is 13.2. The number of rotatable bonds is 3. The van der Waals surface area contributed by atoms with Gasteiger partial charge in [0.1, 0.15) is 0 Å². The van der Waals surface area contributed by atoms with Gasteiger partial charge in [-0.05, 0) is 64.0 Å². The Morgan fingerprint density at radius 1 is 1.35 bits per heavy atom. The summed E-state index contributed by atoms with van der Waals surface area (Å²) in [6.07, 6.45) is 3.87. The summed E-state index contributed by atoms with van der Waals surface area (Å²) in [6.45, 7) is 5.45. The first-order valence-electron chi connectivity index (χ1n) is 7.49. The first kappa shape index (κ1) is 14.0. The molecule has 0 bridgehead atoms. The smallest absolute Gasteiger partial charge is 0.0907 e. The number of fused-ring (bicyclic) bond motifs is 1. The zero-order chi connectivity index (χ0) is 13.9. The fraction of sp³-hybridized carbons (Fsp3) is 0.562. The number of hydrogen-bond donors (Lipinski definition) is 1. The van der Waals surface area contributed by atoms with Crippen molar-refractivity contribution < 1.29 is 0 Å². The quantitative estimate of drug-likeness (QED) is 0.940. The molecule has 3 nitrogen and oxygen atoms in total. The van der Waals surface area contributed by atoms with Crippen molar-refractivity contribution in [2.45, 2.75) is 38.8 Å². The Kier molecular flexibility index (Phi) is 4.34. The highest BCUT2D eigenvalue weighted by Crippen LogP contribution is 2.24. The van der Waals surface area contributed by atoms with Crippen molar-refractivity contribution in [3.63, 3.8) is 0 Å². The van der Waals surface area contributed by atoms with Crippen molar-refractivity contribution in [3.8, 4) is 0 Å². The Bertz CT molecular complexity index is 570. The first-order chi connectivity index (χ1) is 9.72. The molecule has 1 N–H and O–H groups in total. The van der Waals surface area contributed by atoms with Crippen LogP contribution in [0.15, 0.2) is 18.2 Å². The van der Waals surface area contributed by atoms with Gasteiger partial charge in [0.05, 0.1) is 15.2 Å². The number of aromatic nitrogens is 1. The van der Waals surface area contributed by atoms with Crippen LogP contribution in [0.5, 0.6) is 0 Å². The highest BCUT2D eigenvalue weighted by molar-refractivity contribution is 7.18. The van der Waals surface area contributed by atoms with E-state index in [0.29, 0.717) is 6.04 Å². The SMILES string of the molecule is Cc1nc2ccc(CN(C)C3CCCNCC3)cc2s1.